The van der Waals surface area contributed by atoms with Crippen molar-refractivity contribution in [2.75, 3.05) is 23.9 Å². The van der Waals surface area contributed by atoms with Crippen molar-refractivity contribution in [1.29, 1.82) is 0 Å². The number of fused-ring (bicyclic) bond motifs is 2. The van der Waals surface area contributed by atoms with Gasteiger partial charge in [0.15, 0.2) is 4.80 Å². The smallest absolute Gasteiger partial charge is 0.341 e. The van der Waals surface area contributed by atoms with E-state index in [0.717, 1.165) is 59.8 Å². The number of esters is 1. The van der Waals surface area contributed by atoms with Gasteiger partial charge in [0, 0.05) is 11.4 Å². The molecule has 11 heteroatoms. The number of benzene rings is 1. The van der Waals surface area contributed by atoms with Gasteiger partial charge in [0.05, 0.1) is 34.4 Å². The predicted octanol–water partition coefficient (Wildman–Crippen LogP) is 4.94. The number of thiazole rings is 1. The Morgan fingerprint density at radius 1 is 1.22 bits per heavy atom. The summed E-state index contributed by atoms with van der Waals surface area (Å²) in [5, 5.41) is 3.36. The molecule has 0 fully saturated rings. The van der Waals surface area contributed by atoms with Gasteiger partial charge in [-0.25, -0.2) is 9.18 Å². The van der Waals surface area contributed by atoms with E-state index >= 15 is 0 Å². The predicted molar refractivity (Wildman–Crippen MR) is 143 cm³/mol. The molecule has 190 valence electrons. The summed E-state index contributed by atoms with van der Waals surface area (Å²) in [5.74, 6) is -1.44. The van der Waals surface area contributed by atoms with Crippen LogP contribution in [0.4, 0.5) is 9.39 Å². The van der Waals surface area contributed by atoms with Gasteiger partial charge < -0.3 is 14.6 Å². The lowest BCUT2D eigenvalue weighted by molar-refractivity contribution is -0.115. The number of methoxy groups -OCH3 is 1. The molecule has 0 atom stereocenters. The Morgan fingerprint density at radius 2 is 2.03 bits per heavy atom. The van der Waals surface area contributed by atoms with E-state index in [4.69, 9.17) is 4.74 Å². The quantitative estimate of drug-likeness (QED) is 0.245. The number of nitrogens with one attached hydrogen (secondary N) is 1. The number of amides is 2. The van der Waals surface area contributed by atoms with E-state index in [9.17, 15) is 18.8 Å². The summed E-state index contributed by atoms with van der Waals surface area (Å²) in [6.07, 6.45) is 6.55. The fourth-order valence-electron chi connectivity index (χ4n) is 4.12. The van der Waals surface area contributed by atoms with Gasteiger partial charge in [-0.3, -0.25) is 9.59 Å². The highest BCUT2D eigenvalue weighted by Crippen LogP contribution is 2.38. The first-order chi connectivity index (χ1) is 17.4. The number of aromatic nitrogens is 1. The lowest BCUT2D eigenvalue weighted by Crippen LogP contribution is -2.19. The zero-order valence-corrected chi connectivity index (χ0v) is 22.3. The summed E-state index contributed by atoms with van der Waals surface area (Å²) in [6, 6.07) is 4.43. The van der Waals surface area contributed by atoms with Crippen LogP contribution >= 0.6 is 34.4 Å². The Labute approximate surface area is 220 Å². The standard InChI is InChI=1S/C25H26FN3O4S3/c1-3-11-29-17-10-9-15(26)12-19(17)36-25(29)28-21(31)14-34-13-20(30)27-23-22(24(32)33-2)16-7-5-4-6-8-18(16)35-23/h3,9-10,12H,1,4-8,11,13-14H2,2H3,(H,27,30). The van der Waals surface area contributed by atoms with Crippen molar-refractivity contribution in [2.45, 2.75) is 38.6 Å². The second-order valence-corrected chi connectivity index (χ2v) is 11.3. The minimum atomic E-state index is -0.442. The van der Waals surface area contributed by atoms with Gasteiger partial charge in [-0.2, -0.15) is 4.99 Å². The largest absolute Gasteiger partial charge is 0.465 e. The van der Waals surface area contributed by atoms with E-state index in [1.807, 2.05) is 0 Å². The number of hydrogen-bond donors (Lipinski definition) is 1. The maximum Gasteiger partial charge on any atom is 0.341 e. The maximum absolute atomic E-state index is 13.6. The number of hydrogen-bond acceptors (Lipinski definition) is 7. The number of thioether (sulfide) groups is 1. The molecule has 0 bridgehead atoms. The van der Waals surface area contributed by atoms with Gasteiger partial charge in [-0.1, -0.05) is 23.8 Å². The molecule has 3 aromatic rings. The zero-order valence-electron chi connectivity index (χ0n) is 19.8. The normalized spacial score (nSPS) is 13.8. The highest BCUT2D eigenvalue weighted by atomic mass is 32.2. The van der Waals surface area contributed by atoms with E-state index in [2.05, 4.69) is 16.9 Å². The number of ether oxygens (including phenoxy) is 1. The van der Waals surface area contributed by atoms with Crippen LogP contribution in [-0.4, -0.2) is 41.0 Å². The maximum atomic E-state index is 13.6. The second-order valence-electron chi connectivity index (χ2n) is 8.20. The Kier molecular flexibility index (Phi) is 8.76. The number of halogens is 1. The van der Waals surface area contributed by atoms with Gasteiger partial charge in [0.2, 0.25) is 5.91 Å². The SMILES string of the molecule is C=CCn1c(=NC(=O)CSCC(=O)Nc2sc3c(c2C(=O)OC)CCCCC3)sc2cc(F)ccc21. The number of carbonyl (C=O) groups excluding carboxylic acids is 3. The molecule has 0 saturated heterocycles. The van der Waals surface area contributed by atoms with Gasteiger partial charge in [-0.05, 0) is 49.4 Å². The third-order valence-electron chi connectivity index (χ3n) is 5.70. The average Bonchev–Trinajstić information content (AvgIpc) is 3.25. The van der Waals surface area contributed by atoms with Gasteiger partial charge in [0.25, 0.3) is 5.91 Å². The topological polar surface area (TPSA) is 89.8 Å². The lowest BCUT2D eigenvalue weighted by Gasteiger charge is -2.07. The van der Waals surface area contributed by atoms with E-state index in [1.165, 1.54) is 41.9 Å². The van der Waals surface area contributed by atoms with Crippen LogP contribution in [0.25, 0.3) is 10.2 Å². The van der Waals surface area contributed by atoms with Crippen LogP contribution < -0.4 is 10.1 Å². The molecular weight excluding hydrogens is 521 g/mol. The highest BCUT2D eigenvalue weighted by molar-refractivity contribution is 8.00. The van der Waals surface area contributed by atoms with Crippen LogP contribution in [0.1, 0.15) is 40.1 Å². The molecule has 2 aromatic heterocycles. The number of anilines is 1. The first-order valence-corrected chi connectivity index (χ1v) is 14.3. The summed E-state index contributed by atoms with van der Waals surface area (Å²) in [4.78, 5) is 43.3. The monoisotopic (exact) mass is 547 g/mol. The molecule has 0 saturated carbocycles. The van der Waals surface area contributed by atoms with Crippen LogP contribution in [0.5, 0.6) is 0 Å². The lowest BCUT2D eigenvalue weighted by atomic mass is 10.1. The molecule has 36 heavy (non-hydrogen) atoms. The first-order valence-electron chi connectivity index (χ1n) is 11.5. The second kappa shape index (κ2) is 12.0. The third-order valence-corrected chi connectivity index (χ3v) is 8.87. The number of allylic oxidation sites excluding steroid dienone is 1. The molecule has 7 nitrogen and oxygen atoms in total. The molecule has 1 aromatic carbocycles. The molecule has 1 N–H and O–H groups in total. The van der Waals surface area contributed by atoms with Crippen molar-refractivity contribution in [3.05, 3.63) is 57.5 Å². The summed E-state index contributed by atoms with van der Waals surface area (Å²) in [7, 11) is 1.34. The first kappa shape index (κ1) is 26.3. The van der Waals surface area contributed by atoms with E-state index < -0.39 is 11.9 Å². The molecular formula is C25H26FN3O4S3. The fourth-order valence-corrected chi connectivity index (χ4v) is 7.09. The number of aryl methyl sites for hydroxylation is 1. The average molecular weight is 548 g/mol. The number of rotatable bonds is 8. The van der Waals surface area contributed by atoms with Crippen molar-refractivity contribution in [3.8, 4) is 0 Å². The van der Waals surface area contributed by atoms with Crippen LogP contribution in [0.3, 0.4) is 0 Å². The minimum absolute atomic E-state index is 0.00884. The van der Waals surface area contributed by atoms with Gasteiger partial charge in [-0.15, -0.1) is 29.7 Å². The molecule has 2 heterocycles. The molecule has 1 aliphatic carbocycles. The minimum Gasteiger partial charge on any atom is -0.465 e. The molecule has 0 radical (unpaired) electrons. The van der Waals surface area contributed by atoms with Crippen LogP contribution in [0, 0.1) is 5.82 Å². The number of thiophene rings is 1. The Hall–Kier alpha value is -2.76. The van der Waals surface area contributed by atoms with Crippen LogP contribution in [0.2, 0.25) is 0 Å². The summed E-state index contributed by atoms with van der Waals surface area (Å²) >= 11 is 3.80. The molecule has 0 spiro atoms. The molecule has 4 rings (SSSR count). The molecule has 2 amide bonds. The van der Waals surface area contributed by atoms with Crippen LogP contribution in [0.15, 0.2) is 35.8 Å². The van der Waals surface area contributed by atoms with Crippen LogP contribution in [-0.2, 0) is 33.7 Å². The summed E-state index contributed by atoms with van der Waals surface area (Å²) in [6.45, 7) is 4.17. The number of carbonyl (C=O) groups is 3. The van der Waals surface area contributed by atoms with Gasteiger partial charge >= 0.3 is 5.97 Å². The Balaban J connectivity index is 1.41. The van der Waals surface area contributed by atoms with E-state index in [0.29, 0.717) is 26.6 Å². The Bertz CT molecular complexity index is 1390. The zero-order chi connectivity index (χ0) is 25.7. The Morgan fingerprint density at radius 3 is 2.81 bits per heavy atom. The molecule has 0 aliphatic heterocycles. The summed E-state index contributed by atoms with van der Waals surface area (Å²) in [5.41, 5.74) is 2.21. The fraction of sp³-hybridized carbons (Fsp3) is 0.360. The van der Waals surface area contributed by atoms with Crippen molar-refractivity contribution >= 4 is 67.4 Å². The molecule has 1 aliphatic rings. The van der Waals surface area contributed by atoms with Gasteiger partial charge in [0.1, 0.15) is 10.8 Å². The highest BCUT2D eigenvalue weighted by Gasteiger charge is 2.26. The third kappa shape index (κ3) is 5.96. The van der Waals surface area contributed by atoms with Crippen molar-refractivity contribution in [3.63, 3.8) is 0 Å². The molecule has 0 unspecified atom stereocenters. The summed E-state index contributed by atoms with van der Waals surface area (Å²) < 4.78 is 21.1. The van der Waals surface area contributed by atoms with Crippen molar-refractivity contribution in [2.24, 2.45) is 4.99 Å². The van der Waals surface area contributed by atoms with Crippen molar-refractivity contribution < 1.29 is 23.5 Å². The van der Waals surface area contributed by atoms with E-state index in [-0.39, 0.29) is 23.2 Å². The van der Waals surface area contributed by atoms with Crippen molar-refractivity contribution in [1.82, 2.24) is 4.57 Å². The number of nitrogens with zero attached hydrogens (tertiary/aromatic N) is 2. The van der Waals surface area contributed by atoms with E-state index in [1.54, 1.807) is 16.7 Å².